The number of anilines is 2. The van der Waals surface area contributed by atoms with Gasteiger partial charge in [-0.1, -0.05) is 0 Å². The number of ether oxygens (including phenoxy) is 1. The summed E-state index contributed by atoms with van der Waals surface area (Å²) >= 11 is 1.14. The average Bonchev–Trinajstić information content (AvgIpc) is 3.08. The lowest BCUT2D eigenvalue weighted by molar-refractivity contribution is -0.114. The highest BCUT2D eigenvalue weighted by Gasteiger charge is 2.24. The molecule has 0 aliphatic rings. The summed E-state index contributed by atoms with van der Waals surface area (Å²) in [5.41, 5.74) is 0.416. The van der Waals surface area contributed by atoms with Gasteiger partial charge in [-0.3, -0.25) is 14.4 Å². The second-order valence-corrected chi connectivity index (χ2v) is 6.21. The highest BCUT2D eigenvalue weighted by molar-refractivity contribution is 7.14. The maximum Gasteiger partial charge on any atom is 0.416 e. The van der Waals surface area contributed by atoms with Crippen LogP contribution in [0.3, 0.4) is 0 Å². The number of nitrogens with one attached hydrogen (secondary N) is 2. The van der Waals surface area contributed by atoms with Crippen molar-refractivity contribution in [3.05, 3.63) is 40.9 Å². The molecule has 2 aromatic heterocycles. The molecule has 0 saturated heterocycles. The number of thiophene rings is 1. The molecule has 0 fully saturated rings. The van der Waals surface area contributed by atoms with Crippen molar-refractivity contribution < 1.29 is 23.9 Å². The number of hydrogen-bond acceptors (Lipinski definition) is 7. The van der Waals surface area contributed by atoms with Gasteiger partial charge in [0.2, 0.25) is 5.91 Å². The van der Waals surface area contributed by atoms with Crippen LogP contribution < -0.4 is 10.6 Å². The number of carbonyl (C=O) groups excluding carboxylic acids is 4. The average molecular weight is 390 g/mol. The van der Waals surface area contributed by atoms with Crippen LogP contribution in [0.2, 0.25) is 0 Å². The molecule has 0 spiro atoms. The number of carbonyl (C=O) groups is 4. The van der Waals surface area contributed by atoms with E-state index in [4.69, 9.17) is 4.74 Å². The second-order valence-electron chi connectivity index (χ2n) is 5.29. The predicted octanol–water partition coefficient (Wildman–Crippen LogP) is 2.58. The van der Waals surface area contributed by atoms with E-state index in [-0.39, 0.29) is 29.5 Å². The van der Waals surface area contributed by atoms with Gasteiger partial charge in [0.1, 0.15) is 10.8 Å². The van der Waals surface area contributed by atoms with E-state index in [1.165, 1.54) is 38.4 Å². The molecule has 10 heteroatoms. The minimum absolute atomic E-state index is 0.141. The molecule has 2 aromatic rings. The first-order valence-corrected chi connectivity index (χ1v) is 8.78. The summed E-state index contributed by atoms with van der Waals surface area (Å²) in [6.07, 6.45) is 0.606. The van der Waals surface area contributed by atoms with Crippen LogP contribution in [-0.2, 0) is 9.53 Å². The largest absolute Gasteiger partial charge is 0.449 e. The summed E-state index contributed by atoms with van der Waals surface area (Å²) in [6.45, 7) is 3.11. The normalized spacial score (nSPS) is 10.0. The van der Waals surface area contributed by atoms with Gasteiger partial charge in [-0.2, -0.15) is 0 Å². The van der Waals surface area contributed by atoms with Crippen molar-refractivity contribution in [2.24, 2.45) is 0 Å². The third-order valence-electron chi connectivity index (χ3n) is 3.30. The Kier molecular flexibility index (Phi) is 6.61. The molecule has 0 saturated carbocycles. The topological polar surface area (TPSA) is 118 Å². The van der Waals surface area contributed by atoms with Crippen molar-refractivity contribution in [2.75, 3.05) is 24.3 Å². The van der Waals surface area contributed by atoms with Gasteiger partial charge in [-0.25, -0.2) is 14.7 Å². The third-order valence-corrected chi connectivity index (χ3v) is 4.13. The molecule has 9 nitrogen and oxygen atoms in total. The van der Waals surface area contributed by atoms with Gasteiger partial charge >= 0.3 is 6.09 Å². The molecule has 0 radical (unpaired) electrons. The molecule has 2 N–H and O–H groups in total. The van der Waals surface area contributed by atoms with Crippen LogP contribution in [0.4, 0.5) is 15.6 Å². The number of nitrogens with zero attached hydrogens (tertiary/aromatic N) is 2. The SMILES string of the molecule is CCOC(=O)N(C)C(=O)c1ccsc1NC(=O)c1ccnc(NC(C)=O)c1. The molecular formula is C17H18N4O5S. The van der Waals surface area contributed by atoms with Gasteiger partial charge in [-0.05, 0) is 30.5 Å². The molecule has 0 aliphatic heterocycles. The molecular weight excluding hydrogens is 372 g/mol. The fourth-order valence-electron chi connectivity index (χ4n) is 2.05. The Bertz CT molecular complexity index is 880. The molecule has 27 heavy (non-hydrogen) atoms. The fourth-order valence-corrected chi connectivity index (χ4v) is 2.83. The number of aromatic nitrogens is 1. The highest BCUT2D eigenvalue weighted by Crippen LogP contribution is 2.25. The van der Waals surface area contributed by atoms with Crippen LogP contribution in [0.5, 0.6) is 0 Å². The maximum absolute atomic E-state index is 12.5. The van der Waals surface area contributed by atoms with E-state index in [1.807, 2.05) is 0 Å². The maximum atomic E-state index is 12.5. The fraction of sp³-hybridized carbons (Fsp3) is 0.235. The first-order valence-electron chi connectivity index (χ1n) is 7.90. The van der Waals surface area contributed by atoms with Crippen molar-refractivity contribution in [2.45, 2.75) is 13.8 Å². The van der Waals surface area contributed by atoms with Crippen molar-refractivity contribution in [3.8, 4) is 0 Å². The number of hydrogen-bond donors (Lipinski definition) is 2. The number of imide groups is 1. The van der Waals surface area contributed by atoms with Crippen LogP contribution in [-0.4, -0.2) is 47.4 Å². The van der Waals surface area contributed by atoms with E-state index in [2.05, 4.69) is 15.6 Å². The van der Waals surface area contributed by atoms with Crippen LogP contribution in [0, 0.1) is 0 Å². The molecule has 0 bridgehead atoms. The Morgan fingerprint density at radius 1 is 1.22 bits per heavy atom. The lowest BCUT2D eigenvalue weighted by Gasteiger charge is -2.15. The smallest absolute Gasteiger partial charge is 0.416 e. The zero-order valence-electron chi connectivity index (χ0n) is 14.9. The molecule has 0 aromatic carbocycles. The zero-order chi connectivity index (χ0) is 20.0. The van der Waals surface area contributed by atoms with Gasteiger partial charge in [0.05, 0.1) is 12.2 Å². The van der Waals surface area contributed by atoms with Gasteiger partial charge in [0.25, 0.3) is 11.8 Å². The van der Waals surface area contributed by atoms with E-state index in [0.717, 1.165) is 16.2 Å². The Morgan fingerprint density at radius 2 is 1.96 bits per heavy atom. The summed E-state index contributed by atoms with van der Waals surface area (Å²) < 4.78 is 4.80. The Hall–Kier alpha value is -3.27. The van der Waals surface area contributed by atoms with E-state index >= 15 is 0 Å². The summed E-state index contributed by atoms with van der Waals surface area (Å²) in [5, 5.41) is 7.03. The quantitative estimate of drug-likeness (QED) is 0.810. The molecule has 142 valence electrons. The van der Waals surface area contributed by atoms with E-state index in [0.29, 0.717) is 5.00 Å². The van der Waals surface area contributed by atoms with Crippen molar-refractivity contribution in [1.29, 1.82) is 0 Å². The Balaban J connectivity index is 2.16. The monoisotopic (exact) mass is 390 g/mol. The van der Waals surface area contributed by atoms with Crippen LogP contribution in [0.1, 0.15) is 34.6 Å². The van der Waals surface area contributed by atoms with Crippen LogP contribution >= 0.6 is 11.3 Å². The van der Waals surface area contributed by atoms with Crippen LogP contribution in [0.15, 0.2) is 29.8 Å². The summed E-state index contributed by atoms with van der Waals surface area (Å²) in [4.78, 5) is 52.5. The summed E-state index contributed by atoms with van der Waals surface area (Å²) in [6, 6.07) is 4.39. The molecule has 0 unspecified atom stereocenters. The number of rotatable bonds is 5. The summed E-state index contributed by atoms with van der Waals surface area (Å²) in [7, 11) is 1.30. The lowest BCUT2D eigenvalue weighted by Crippen LogP contribution is -2.34. The van der Waals surface area contributed by atoms with Crippen LogP contribution in [0.25, 0.3) is 0 Å². The predicted molar refractivity (Wildman–Crippen MR) is 99.9 cm³/mol. The van der Waals surface area contributed by atoms with E-state index in [9.17, 15) is 19.2 Å². The zero-order valence-corrected chi connectivity index (χ0v) is 15.8. The molecule has 0 aliphatic carbocycles. The Morgan fingerprint density at radius 3 is 2.63 bits per heavy atom. The minimum Gasteiger partial charge on any atom is -0.449 e. The van der Waals surface area contributed by atoms with Gasteiger partial charge < -0.3 is 15.4 Å². The number of amides is 4. The molecule has 2 rings (SSSR count). The van der Waals surface area contributed by atoms with Crippen molar-refractivity contribution >= 4 is 46.0 Å². The van der Waals surface area contributed by atoms with Gasteiger partial charge in [0.15, 0.2) is 0 Å². The summed E-state index contributed by atoms with van der Waals surface area (Å²) in [5.74, 6) is -1.16. The van der Waals surface area contributed by atoms with E-state index in [1.54, 1.807) is 12.3 Å². The van der Waals surface area contributed by atoms with E-state index < -0.39 is 17.9 Å². The second kappa shape index (κ2) is 8.90. The Labute approximate surface area is 159 Å². The van der Waals surface area contributed by atoms with Crippen molar-refractivity contribution in [1.82, 2.24) is 9.88 Å². The van der Waals surface area contributed by atoms with Crippen molar-refractivity contribution in [3.63, 3.8) is 0 Å². The van der Waals surface area contributed by atoms with Gasteiger partial charge in [0, 0.05) is 25.7 Å². The standard InChI is InChI=1S/C17H18N4O5S/c1-4-26-17(25)21(3)16(24)12-6-8-27-15(12)20-14(23)11-5-7-18-13(9-11)19-10(2)22/h5-9H,4H2,1-3H3,(H,20,23)(H,18,19,22). The first kappa shape index (κ1) is 20.0. The van der Waals surface area contributed by atoms with Gasteiger partial charge in [-0.15, -0.1) is 11.3 Å². The third kappa shape index (κ3) is 5.11. The lowest BCUT2D eigenvalue weighted by atomic mass is 10.2. The minimum atomic E-state index is -0.778. The molecule has 0 atom stereocenters. The molecule has 4 amide bonds. The number of pyridine rings is 1. The first-order chi connectivity index (χ1) is 12.8. The highest BCUT2D eigenvalue weighted by atomic mass is 32.1. The molecule has 2 heterocycles.